The van der Waals surface area contributed by atoms with E-state index in [1.165, 1.54) is 5.57 Å². The van der Waals surface area contributed by atoms with Crippen molar-refractivity contribution in [3.8, 4) is 0 Å². The van der Waals surface area contributed by atoms with Crippen LogP contribution in [0.3, 0.4) is 0 Å². The van der Waals surface area contributed by atoms with Crippen molar-refractivity contribution in [3.05, 3.63) is 23.8 Å². The minimum Gasteiger partial charge on any atom is -0.550 e. The first-order chi connectivity index (χ1) is 14.4. The molecule has 0 aromatic carbocycles. The van der Waals surface area contributed by atoms with Crippen molar-refractivity contribution in [2.24, 2.45) is 29.1 Å². The molecule has 0 saturated carbocycles. The number of quaternary nitrogens is 1. The molecule has 184 valence electrons. The van der Waals surface area contributed by atoms with E-state index in [9.17, 15) is 24.9 Å². The number of ether oxygens (including phenoxy) is 1. The van der Waals surface area contributed by atoms with Crippen LogP contribution in [0.15, 0.2) is 23.8 Å². The SMILES string of the molecule is CCC(C)(C)C(=O)O[C@H]1C[C@@H](C)C=C2C=C[C@H](C)[C@H](CCC(O)C[C@@H](O)CC(=O)[O-])C21.[NH4+]. The van der Waals surface area contributed by atoms with Gasteiger partial charge in [0.1, 0.15) is 6.10 Å². The highest BCUT2D eigenvalue weighted by molar-refractivity contribution is 5.76. The Balaban J connectivity index is 0.00000512. The van der Waals surface area contributed by atoms with E-state index in [0.717, 1.165) is 6.42 Å². The van der Waals surface area contributed by atoms with Gasteiger partial charge in [0.25, 0.3) is 0 Å². The lowest BCUT2D eigenvalue weighted by Gasteiger charge is -2.44. The molecule has 2 aliphatic rings. The van der Waals surface area contributed by atoms with Gasteiger partial charge in [0.05, 0.1) is 17.6 Å². The number of hydrogen-bond donors (Lipinski definition) is 3. The molecule has 0 saturated heterocycles. The summed E-state index contributed by atoms with van der Waals surface area (Å²) >= 11 is 0. The second-order valence-electron chi connectivity index (χ2n) is 10.2. The molecule has 0 radical (unpaired) electrons. The lowest BCUT2D eigenvalue weighted by atomic mass is 9.65. The maximum atomic E-state index is 12.8. The number of aliphatic carboxylic acids is 1. The minimum absolute atomic E-state index is 0. The Morgan fingerprint density at radius 2 is 1.91 bits per heavy atom. The molecule has 0 amide bonds. The predicted molar refractivity (Wildman–Crippen MR) is 123 cm³/mol. The molecule has 0 aromatic rings. The molecule has 7 heteroatoms. The first-order valence-corrected chi connectivity index (χ1v) is 11.6. The zero-order chi connectivity index (χ0) is 23.3. The zero-order valence-corrected chi connectivity index (χ0v) is 20.5. The highest BCUT2D eigenvalue weighted by Crippen LogP contribution is 2.45. The third-order valence-corrected chi connectivity index (χ3v) is 7.07. The van der Waals surface area contributed by atoms with Crippen molar-refractivity contribution in [1.29, 1.82) is 0 Å². The smallest absolute Gasteiger partial charge is 0.311 e. The Kier molecular flexibility index (Phi) is 10.6. The van der Waals surface area contributed by atoms with Crippen LogP contribution in [0.5, 0.6) is 0 Å². The van der Waals surface area contributed by atoms with E-state index in [2.05, 4.69) is 32.1 Å². The minimum atomic E-state index is -1.32. The van der Waals surface area contributed by atoms with Crippen LogP contribution < -0.4 is 11.3 Å². The molecule has 32 heavy (non-hydrogen) atoms. The van der Waals surface area contributed by atoms with E-state index in [1.54, 1.807) is 0 Å². The van der Waals surface area contributed by atoms with Crippen molar-refractivity contribution in [3.63, 3.8) is 0 Å². The quantitative estimate of drug-likeness (QED) is 0.434. The van der Waals surface area contributed by atoms with E-state index < -0.39 is 30.0 Å². The average Bonchev–Trinajstić information content (AvgIpc) is 2.66. The summed E-state index contributed by atoms with van der Waals surface area (Å²) < 4.78 is 6.09. The van der Waals surface area contributed by atoms with Crippen LogP contribution >= 0.6 is 0 Å². The fourth-order valence-electron chi connectivity index (χ4n) is 4.76. The van der Waals surface area contributed by atoms with Gasteiger partial charge in [0, 0.05) is 18.3 Å². The molecule has 7 nitrogen and oxygen atoms in total. The van der Waals surface area contributed by atoms with Crippen molar-refractivity contribution in [1.82, 2.24) is 6.15 Å². The number of carboxylic acid groups (broad SMARTS) is 1. The molecule has 0 fully saturated rings. The van der Waals surface area contributed by atoms with Gasteiger partial charge in [-0.2, -0.15) is 0 Å². The summed E-state index contributed by atoms with van der Waals surface area (Å²) in [7, 11) is 0. The van der Waals surface area contributed by atoms with Gasteiger partial charge in [-0.05, 0) is 69.3 Å². The Labute approximate surface area is 192 Å². The Bertz CT molecular complexity index is 701. The normalized spacial score (nSPS) is 29.2. The van der Waals surface area contributed by atoms with Gasteiger partial charge in [-0.1, -0.05) is 39.0 Å². The van der Waals surface area contributed by atoms with E-state index in [1.807, 2.05) is 20.8 Å². The third kappa shape index (κ3) is 7.42. The van der Waals surface area contributed by atoms with Crippen molar-refractivity contribution >= 4 is 11.9 Å². The molecular weight excluding hydrogens is 410 g/mol. The fourth-order valence-corrected chi connectivity index (χ4v) is 4.76. The van der Waals surface area contributed by atoms with Gasteiger partial charge in [0.15, 0.2) is 0 Å². The number of aliphatic hydroxyl groups is 2. The van der Waals surface area contributed by atoms with E-state index in [-0.39, 0.29) is 42.4 Å². The lowest BCUT2D eigenvalue weighted by Crippen LogP contribution is -2.43. The van der Waals surface area contributed by atoms with Crippen LogP contribution in [0.2, 0.25) is 0 Å². The number of carboxylic acids is 1. The van der Waals surface area contributed by atoms with Gasteiger partial charge in [0.2, 0.25) is 0 Å². The maximum Gasteiger partial charge on any atom is 0.311 e. The third-order valence-electron chi connectivity index (χ3n) is 7.07. The topological polar surface area (TPSA) is 143 Å². The fraction of sp³-hybridized carbons (Fsp3) is 0.760. The van der Waals surface area contributed by atoms with Crippen molar-refractivity contribution in [2.45, 2.75) is 91.5 Å². The van der Waals surface area contributed by atoms with Gasteiger partial charge in [-0.15, -0.1) is 0 Å². The molecule has 2 rings (SSSR count). The maximum absolute atomic E-state index is 12.8. The summed E-state index contributed by atoms with van der Waals surface area (Å²) in [6.07, 6.45) is 6.66. The molecule has 0 bridgehead atoms. The first kappa shape index (κ1) is 28.3. The number of esters is 1. The van der Waals surface area contributed by atoms with E-state index in [4.69, 9.17) is 4.74 Å². The van der Waals surface area contributed by atoms with Gasteiger partial charge in [-0.25, -0.2) is 0 Å². The summed E-state index contributed by atoms with van der Waals surface area (Å²) in [6.45, 7) is 10.1. The Hall–Kier alpha value is -1.70. The summed E-state index contributed by atoms with van der Waals surface area (Å²) in [4.78, 5) is 23.5. The van der Waals surface area contributed by atoms with Gasteiger partial charge < -0.3 is 31.0 Å². The Morgan fingerprint density at radius 1 is 1.25 bits per heavy atom. The van der Waals surface area contributed by atoms with Gasteiger partial charge in [-0.3, -0.25) is 4.79 Å². The Morgan fingerprint density at radius 3 is 2.50 bits per heavy atom. The zero-order valence-electron chi connectivity index (χ0n) is 20.5. The largest absolute Gasteiger partial charge is 0.550 e. The van der Waals surface area contributed by atoms with Crippen LogP contribution in [0.4, 0.5) is 0 Å². The van der Waals surface area contributed by atoms with Crippen LogP contribution in [0, 0.1) is 29.1 Å². The molecule has 2 unspecified atom stereocenters. The van der Waals surface area contributed by atoms with Crippen molar-refractivity contribution < 1.29 is 29.6 Å². The molecule has 0 heterocycles. The van der Waals surface area contributed by atoms with E-state index in [0.29, 0.717) is 25.2 Å². The number of rotatable bonds is 10. The average molecular weight is 454 g/mol. The standard InChI is InChI=1S/C25H40O6.H3N/c1-6-25(4,5)24(30)31-21-12-15(2)11-17-8-7-16(3)20(23(17)21)10-9-18(26)13-19(27)14-22(28)29;/h7-8,11,15-16,18-21,23,26-27H,6,9-10,12-14H2,1-5H3,(H,28,29);1H3/t15-,16-,18?,19+,20-,21-,23?;/m0./s1. The second-order valence-corrected chi connectivity index (χ2v) is 10.2. The molecule has 6 N–H and O–H groups in total. The molecule has 0 spiro atoms. The number of allylic oxidation sites excluding steroid dienone is 3. The molecule has 0 aromatic heterocycles. The van der Waals surface area contributed by atoms with Crippen LogP contribution in [-0.2, 0) is 14.3 Å². The van der Waals surface area contributed by atoms with Crippen molar-refractivity contribution in [2.75, 3.05) is 0 Å². The molecule has 7 atom stereocenters. The highest BCUT2D eigenvalue weighted by atomic mass is 16.5. The van der Waals surface area contributed by atoms with E-state index >= 15 is 0 Å². The monoisotopic (exact) mass is 453 g/mol. The summed E-state index contributed by atoms with van der Waals surface area (Å²) in [5.41, 5.74) is 0.669. The number of hydrogen-bond acceptors (Lipinski definition) is 6. The summed E-state index contributed by atoms with van der Waals surface area (Å²) in [6, 6.07) is 0. The predicted octanol–water partition coefficient (Wildman–Crippen LogP) is 3.15. The van der Waals surface area contributed by atoms with Gasteiger partial charge >= 0.3 is 5.97 Å². The molecule has 2 aliphatic carbocycles. The number of carbonyl (C=O) groups is 2. The summed E-state index contributed by atoms with van der Waals surface area (Å²) in [5.74, 6) is -0.641. The van der Waals surface area contributed by atoms with Crippen LogP contribution in [-0.4, -0.2) is 40.5 Å². The summed E-state index contributed by atoms with van der Waals surface area (Å²) in [5, 5.41) is 30.8. The van der Waals surface area contributed by atoms with Crippen LogP contribution in [0.25, 0.3) is 0 Å². The first-order valence-electron chi connectivity index (χ1n) is 11.6. The number of aliphatic hydroxyl groups excluding tert-OH is 2. The lowest BCUT2D eigenvalue weighted by molar-refractivity contribution is -0.307. The molecular formula is C25H43NO6. The molecule has 0 aliphatic heterocycles. The highest BCUT2D eigenvalue weighted by Gasteiger charge is 2.42. The number of fused-ring (bicyclic) bond motifs is 1. The second kappa shape index (κ2) is 12.0. The number of carbonyl (C=O) groups excluding carboxylic acids is 2. The van der Waals surface area contributed by atoms with Crippen LogP contribution in [0.1, 0.15) is 73.1 Å².